The van der Waals surface area contributed by atoms with Gasteiger partial charge in [-0.1, -0.05) is 0 Å². The fourth-order valence-electron chi connectivity index (χ4n) is 3.37. The lowest BCUT2D eigenvalue weighted by Gasteiger charge is -2.27. The Hall–Kier alpha value is -2.39. The molecule has 148 valence electrons. The number of oxazole rings is 1. The molecule has 0 spiro atoms. The Morgan fingerprint density at radius 2 is 2.21 bits per heavy atom. The van der Waals surface area contributed by atoms with E-state index in [-0.39, 0.29) is 5.91 Å². The van der Waals surface area contributed by atoms with Crippen molar-refractivity contribution in [2.75, 3.05) is 19.8 Å². The van der Waals surface area contributed by atoms with E-state index in [1.165, 1.54) is 0 Å². The average Bonchev–Trinajstić information content (AvgIpc) is 3.40. The molecule has 28 heavy (non-hydrogen) atoms. The van der Waals surface area contributed by atoms with Crippen molar-refractivity contribution < 1.29 is 18.4 Å². The molecule has 1 aliphatic rings. The van der Waals surface area contributed by atoms with E-state index < -0.39 is 0 Å². The van der Waals surface area contributed by atoms with Crippen LogP contribution in [0.3, 0.4) is 0 Å². The summed E-state index contributed by atoms with van der Waals surface area (Å²) in [4.78, 5) is 18.9. The number of hydrogen-bond donors (Lipinski definition) is 0. The zero-order valence-corrected chi connectivity index (χ0v) is 17.4. The van der Waals surface area contributed by atoms with Gasteiger partial charge in [0.2, 0.25) is 5.89 Å². The van der Waals surface area contributed by atoms with Crippen LogP contribution in [0.15, 0.2) is 31.8 Å². The van der Waals surface area contributed by atoms with Gasteiger partial charge in [0.05, 0.1) is 25.9 Å². The first-order valence-corrected chi connectivity index (χ1v) is 9.99. The van der Waals surface area contributed by atoms with Gasteiger partial charge in [-0.05, 0) is 41.9 Å². The standard InChI is InChI=1S/C19H21BrN4O4/c1-3-26-9-8-24-14-6-7-23(19(25)15-4-5-16(20)28-15)11-13(14)17(22-24)18-21-10-12(2)27-18/h4-5,10H,3,6-9,11H2,1-2H3. The van der Waals surface area contributed by atoms with Crippen LogP contribution in [0.5, 0.6) is 0 Å². The summed E-state index contributed by atoms with van der Waals surface area (Å²) in [5.74, 6) is 1.36. The highest BCUT2D eigenvalue weighted by Crippen LogP contribution is 2.31. The molecule has 3 aromatic heterocycles. The molecule has 0 saturated heterocycles. The first kappa shape index (κ1) is 18.9. The minimum atomic E-state index is -0.145. The van der Waals surface area contributed by atoms with Gasteiger partial charge in [-0.3, -0.25) is 9.48 Å². The van der Waals surface area contributed by atoms with E-state index in [4.69, 9.17) is 18.7 Å². The van der Waals surface area contributed by atoms with Gasteiger partial charge in [-0.2, -0.15) is 5.10 Å². The molecule has 0 fully saturated rings. The molecule has 0 unspecified atom stereocenters. The topological polar surface area (TPSA) is 86.5 Å². The Morgan fingerprint density at radius 1 is 1.36 bits per heavy atom. The Labute approximate surface area is 170 Å². The molecular formula is C19H21BrN4O4. The molecule has 0 atom stereocenters. The summed E-state index contributed by atoms with van der Waals surface area (Å²) < 4.78 is 19.1. The largest absolute Gasteiger partial charge is 0.444 e. The number of ether oxygens (including phenoxy) is 1. The lowest BCUT2D eigenvalue weighted by Crippen LogP contribution is -2.36. The number of rotatable bonds is 6. The molecule has 8 nitrogen and oxygen atoms in total. The van der Waals surface area contributed by atoms with E-state index in [2.05, 4.69) is 20.9 Å². The molecule has 0 saturated carbocycles. The lowest BCUT2D eigenvalue weighted by atomic mass is 10.0. The summed E-state index contributed by atoms with van der Waals surface area (Å²) in [6, 6.07) is 3.39. The van der Waals surface area contributed by atoms with Crippen LogP contribution in [0.4, 0.5) is 0 Å². The summed E-state index contributed by atoms with van der Waals surface area (Å²) in [5, 5.41) is 4.73. The Bertz CT molecular complexity index is 990. The van der Waals surface area contributed by atoms with Gasteiger partial charge in [0.1, 0.15) is 5.76 Å². The number of carbonyl (C=O) groups is 1. The number of aromatic nitrogens is 3. The number of nitrogens with zero attached hydrogens (tertiary/aromatic N) is 4. The van der Waals surface area contributed by atoms with Crippen molar-refractivity contribution in [1.82, 2.24) is 19.7 Å². The van der Waals surface area contributed by atoms with Crippen molar-refractivity contribution in [2.45, 2.75) is 33.4 Å². The van der Waals surface area contributed by atoms with Gasteiger partial charge in [0, 0.05) is 30.8 Å². The molecular weight excluding hydrogens is 428 g/mol. The minimum absolute atomic E-state index is 0.145. The smallest absolute Gasteiger partial charge is 0.289 e. The van der Waals surface area contributed by atoms with Crippen LogP contribution in [0, 0.1) is 6.92 Å². The molecule has 0 aromatic carbocycles. The SMILES string of the molecule is CCOCCn1nc(-c2ncc(C)o2)c2c1CCN(C(=O)c1ccc(Br)o1)C2. The van der Waals surface area contributed by atoms with Crippen LogP contribution >= 0.6 is 15.9 Å². The highest BCUT2D eigenvalue weighted by molar-refractivity contribution is 9.10. The fraction of sp³-hybridized carbons (Fsp3) is 0.421. The number of hydrogen-bond acceptors (Lipinski definition) is 6. The number of fused-ring (bicyclic) bond motifs is 1. The Kier molecular flexibility index (Phi) is 5.36. The molecule has 0 N–H and O–H groups in total. The number of furan rings is 1. The first-order chi connectivity index (χ1) is 13.6. The molecule has 0 aliphatic carbocycles. The maximum absolute atomic E-state index is 12.8. The number of aryl methyl sites for hydroxylation is 1. The molecule has 1 amide bonds. The predicted molar refractivity (Wildman–Crippen MR) is 104 cm³/mol. The summed E-state index contributed by atoms with van der Waals surface area (Å²) in [5.41, 5.74) is 2.73. The molecule has 3 aromatic rings. The maximum Gasteiger partial charge on any atom is 0.289 e. The third kappa shape index (κ3) is 3.64. The third-order valence-corrected chi connectivity index (χ3v) is 5.11. The highest BCUT2D eigenvalue weighted by atomic mass is 79.9. The van der Waals surface area contributed by atoms with Crippen LogP contribution in [0.25, 0.3) is 11.6 Å². The second kappa shape index (κ2) is 7.92. The van der Waals surface area contributed by atoms with Crippen molar-refractivity contribution in [2.24, 2.45) is 0 Å². The van der Waals surface area contributed by atoms with E-state index in [9.17, 15) is 4.79 Å². The van der Waals surface area contributed by atoms with Crippen LogP contribution < -0.4 is 0 Å². The second-order valence-corrected chi connectivity index (χ2v) is 7.33. The molecule has 1 aliphatic heterocycles. The van der Waals surface area contributed by atoms with Crippen molar-refractivity contribution in [3.05, 3.63) is 45.8 Å². The lowest BCUT2D eigenvalue weighted by molar-refractivity contribution is 0.0698. The van der Waals surface area contributed by atoms with E-state index in [0.29, 0.717) is 61.3 Å². The van der Waals surface area contributed by atoms with Gasteiger partial charge in [0.15, 0.2) is 16.1 Å². The fourth-order valence-corrected chi connectivity index (χ4v) is 3.67. The van der Waals surface area contributed by atoms with Crippen molar-refractivity contribution in [3.63, 3.8) is 0 Å². The Morgan fingerprint density at radius 3 is 2.89 bits per heavy atom. The summed E-state index contributed by atoms with van der Waals surface area (Å²) in [6.45, 7) is 6.73. The molecule has 0 radical (unpaired) electrons. The number of halogens is 1. The zero-order chi connectivity index (χ0) is 19.7. The minimum Gasteiger partial charge on any atom is -0.444 e. The van der Waals surface area contributed by atoms with E-state index in [0.717, 1.165) is 17.0 Å². The van der Waals surface area contributed by atoms with Gasteiger partial charge >= 0.3 is 0 Å². The second-order valence-electron chi connectivity index (χ2n) is 6.55. The van der Waals surface area contributed by atoms with E-state index in [1.54, 1.807) is 23.2 Å². The maximum atomic E-state index is 12.8. The summed E-state index contributed by atoms with van der Waals surface area (Å²) >= 11 is 3.24. The molecule has 9 heteroatoms. The van der Waals surface area contributed by atoms with Crippen molar-refractivity contribution in [1.29, 1.82) is 0 Å². The third-order valence-electron chi connectivity index (χ3n) is 4.68. The van der Waals surface area contributed by atoms with Crippen LogP contribution in [-0.2, 0) is 24.2 Å². The van der Waals surface area contributed by atoms with Gasteiger partial charge in [-0.15, -0.1) is 0 Å². The van der Waals surface area contributed by atoms with Gasteiger partial charge < -0.3 is 18.5 Å². The van der Waals surface area contributed by atoms with Crippen LogP contribution in [0.1, 0.15) is 34.5 Å². The predicted octanol–water partition coefficient (Wildman–Crippen LogP) is 3.44. The van der Waals surface area contributed by atoms with Crippen molar-refractivity contribution >= 4 is 21.8 Å². The van der Waals surface area contributed by atoms with E-state index in [1.807, 2.05) is 18.5 Å². The summed E-state index contributed by atoms with van der Waals surface area (Å²) in [7, 11) is 0. The van der Waals surface area contributed by atoms with Crippen LogP contribution in [0.2, 0.25) is 0 Å². The van der Waals surface area contributed by atoms with Crippen molar-refractivity contribution in [3.8, 4) is 11.6 Å². The van der Waals surface area contributed by atoms with Gasteiger partial charge in [0.25, 0.3) is 5.91 Å². The molecule has 4 heterocycles. The number of carbonyl (C=O) groups excluding carboxylic acids is 1. The summed E-state index contributed by atoms with van der Waals surface area (Å²) in [6.07, 6.45) is 2.37. The zero-order valence-electron chi connectivity index (χ0n) is 15.8. The van der Waals surface area contributed by atoms with E-state index >= 15 is 0 Å². The molecule has 4 rings (SSSR count). The number of amides is 1. The van der Waals surface area contributed by atoms with Crippen LogP contribution in [-0.4, -0.2) is 45.3 Å². The average molecular weight is 449 g/mol. The quantitative estimate of drug-likeness (QED) is 0.536. The molecule has 0 bridgehead atoms. The monoisotopic (exact) mass is 448 g/mol. The Balaban J connectivity index is 1.65. The highest BCUT2D eigenvalue weighted by Gasteiger charge is 2.31. The first-order valence-electron chi connectivity index (χ1n) is 9.20. The normalized spacial score (nSPS) is 13.8. The van der Waals surface area contributed by atoms with Gasteiger partial charge in [-0.25, -0.2) is 4.98 Å².